The quantitative estimate of drug-likeness (QED) is 0.784. The average molecular weight is 293 g/mol. The molecule has 0 aliphatic heterocycles. The Morgan fingerprint density at radius 2 is 2.16 bits per heavy atom. The van der Waals surface area contributed by atoms with Crippen LogP contribution in [0, 0.1) is 0 Å². The summed E-state index contributed by atoms with van der Waals surface area (Å²) in [5.74, 6) is -1.02. The lowest BCUT2D eigenvalue weighted by atomic mass is 10.2. The molecule has 0 fully saturated rings. The summed E-state index contributed by atoms with van der Waals surface area (Å²) in [5.41, 5.74) is 0.836. The fourth-order valence-corrected chi connectivity index (χ4v) is 3.32. The van der Waals surface area contributed by atoms with Gasteiger partial charge < -0.3 is 5.11 Å². The Hall–Kier alpha value is -1.85. The SMILES string of the molecule is Cn1nc(C(=O)O)cc1-c1cc2ccc(Cl)cc2s1. The maximum atomic E-state index is 10.9. The zero-order chi connectivity index (χ0) is 13.6. The van der Waals surface area contributed by atoms with E-state index in [9.17, 15) is 4.79 Å². The largest absolute Gasteiger partial charge is 0.476 e. The van der Waals surface area contributed by atoms with Crippen LogP contribution in [0.25, 0.3) is 20.7 Å². The van der Waals surface area contributed by atoms with E-state index in [4.69, 9.17) is 16.7 Å². The van der Waals surface area contributed by atoms with E-state index in [1.165, 1.54) is 0 Å². The first kappa shape index (κ1) is 12.2. The van der Waals surface area contributed by atoms with Crippen LogP contribution in [0.1, 0.15) is 10.5 Å². The number of carbonyl (C=O) groups is 1. The molecular formula is C13H9ClN2O2S. The van der Waals surface area contributed by atoms with E-state index in [0.717, 1.165) is 20.7 Å². The molecule has 0 saturated carbocycles. The summed E-state index contributed by atoms with van der Waals surface area (Å²) in [4.78, 5) is 11.9. The van der Waals surface area contributed by atoms with Crippen LogP contribution in [-0.2, 0) is 7.05 Å². The molecule has 0 aliphatic carbocycles. The predicted octanol–water partition coefficient (Wildman–Crippen LogP) is 3.65. The Morgan fingerprint density at radius 1 is 1.37 bits per heavy atom. The van der Waals surface area contributed by atoms with Crippen LogP contribution < -0.4 is 0 Å². The molecule has 4 nitrogen and oxygen atoms in total. The highest BCUT2D eigenvalue weighted by molar-refractivity contribution is 7.22. The maximum Gasteiger partial charge on any atom is 0.356 e. The molecule has 1 N–H and O–H groups in total. The number of aromatic carboxylic acids is 1. The van der Waals surface area contributed by atoms with E-state index >= 15 is 0 Å². The number of aromatic nitrogens is 2. The minimum atomic E-state index is -1.02. The monoisotopic (exact) mass is 292 g/mol. The Kier molecular flexibility index (Phi) is 2.80. The number of aryl methyl sites for hydroxylation is 1. The first-order valence-corrected chi connectivity index (χ1v) is 6.71. The summed E-state index contributed by atoms with van der Waals surface area (Å²) in [7, 11) is 1.74. The van der Waals surface area contributed by atoms with E-state index in [2.05, 4.69) is 5.10 Å². The molecule has 0 bridgehead atoms. The van der Waals surface area contributed by atoms with Gasteiger partial charge >= 0.3 is 5.97 Å². The number of thiophene rings is 1. The van der Waals surface area contributed by atoms with E-state index in [1.54, 1.807) is 29.1 Å². The van der Waals surface area contributed by atoms with E-state index in [-0.39, 0.29) is 5.69 Å². The second-order valence-electron chi connectivity index (χ2n) is 4.14. The highest BCUT2D eigenvalue weighted by atomic mass is 35.5. The third-order valence-corrected chi connectivity index (χ3v) is 4.19. The fraction of sp³-hybridized carbons (Fsp3) is 0.0769. The zero-order valence-corrected chi connectivity index (χ0v) is 11.5. The first-order valence-electron chi connectivity index (χ1n) is 5.51. The number of nitrogens with zero attached hydrogens (tertiary/aromatic N) is 2. The van der Waals surface area contributed by atoms with E-state index in [1.807, 2.05) is 24.3 Å². The third-order valence-electron chi connectivity index (χ3n) is 2.83. The van der Waals surface area contributed by atoms with Gasteiger partial charge in [0.2, 0.25) is 0 Å². The van der Waals surface area contributed by atoms with Crippen LogP contribution >= 0.6 is 22.9 Å². The highest BCUT2D eigenvalue weighted by Crippen LogP contribution is 2.34. The van der Waals surface area contributed by atoms with Gasteiger partial charge in [-0.25, -0.2) is 4.79 Å². The molecular weight excluding hydrogens is 284 g/mol. The lowest BCUT2D eigenvalue weighted by molar-refractivity contribution is 0.0689. The Bertz CT molecular complexity index is 791. The van der Waals surface area contributed by atoms with Crippen molar-refractivity contribution < 1.29 is 9.90 Å². The number of benzene rings is 1. The second-order valence-corrected chi connectivity index (χ2v) is 5.66. The minimum Gasteiger partial charge on any atom is -0.476 e. The smallest absolute Gasteiger partial charge is 0.356 e. The van der Waals surface area contributed by atoms with Gasteiger partial charge in [0.15, 0.2) is 5.69 Å². The standard InChI is InChI=1S/C13H9ClN2O2S/c1-16-10(6-9(15-16)13(17)18)12-4-7-2-3-8(14)5-11(7)19-12/h2-6H,1H3,(H,17,18). The van der Waals surface area contributed by atoms with Crippen molar-refractivity contribution >= 4 is 39.0 Å². The van der Waals surface area contributed by atoms with Crippen LogP contribution in [-0.4, -0.2) is 20.9 Å². The summed E-state index contributed by atoms with van der Waals surface area (Å²) in [6.07, 6.45) is 0. The molecule has 6 heteroatoms. The predicted molar refractivity (Wildman–Crippen MR) is 76.0 cm³/mol. The topological polar surface area (TPSA) is 55.1 Å². The number of hydrogen-bond acceptors (Lipinski definition) is 3. The molecule has 0 aliphatic rings. The average Bonchev–Trinajstić information content (AvgIpc) is 2.91. The summed E-state index contributed by atoms with van der Waals surface area (Å²) >= 11 is 7.53. The molecule has 0 saturated heterocycles. The van der Waals surface area contributed by atoms with Crippen molar-refractivity contribution in [2.75, 3.05) is 0 Å². The highest BCUT2D eigenvalue weighted by Gasteiger charge is 2.14. The number of rotatable bonds is 2. The normalized spacial score (nSPS) is 11.1. The van der Waals surface area contributed by atoms with Crippen LogP contribution in [0.5, 0.6) is 0 Å². The lowest BCUT2D eigenvalue weighted by Gasteiger charge is -1.95. The number of halogens is 1. The van der Waals surface area contributed by atoms with Crippen molar-refractivity contribution in [2.24, 2.45) is 7.05 Å². The number of fused-ring (bicyclic) bond motifs is 1. The molecule has 2 heterocycles. The molecule has 3 rings (SSSR count). The summed E-state index contributed by atoms with van der Waals surface area (Å²) in [6, 6.07) is 9.28. The molecule has 0 unspecified atom stereocenters. The van der Waals surface area contributed by atoms with Gasteiger partial charge in [-0.3, -0.25) is 4.68 Å². The number of hydrogen-bond donors (Lipinski definition) is 1. The van der Waals surface area contributed by atoms with Gasteiger partial charge in [-0.2, -0.15) is 5.10 Å². The van der Waals surface area contributed by atoms with Gasteiger partial charge in [0.25, 0.3) is 0 Å². The Balaban J connectivity index is 2.16. The van der Waals surface area contributed by atoms with Crippen LogP contribution in [0.3, 0.4) is 0 Å². The molecule has 0 spiro atoms. The van der Waals surface area contributed by atoms with Gasteiger partial charge in [-0.05, 0) is 29.7 Å². The molecule has 0 radical (unpaired) electrons. The van der Waals surface area contributed by atoms with Crippen molar-refractivity contribution in [1.29, 1.82) is 0 Å². The van der Waals surface area contributed by atoms with Crippen molar-refractivity contribution in [3.05, 3.63) is 41.0 Å². The van der Waals surface area contributed by atoms with Gasteiger partial charge in [0.1, 0.15) is 0 Å². The van der Waals surface area contributed by atoms with Crippen LogP contribution in [0.4, 0.5) is 0 Å². The van der Waals surface area contributed by atoms with Gasteiger partial charge in [0, 0.05) is 16.8 Å². The lowest BCUT2D eigenvalue weighted by Crippen LogP contribution is -1.99. The summed E-state index contributed by atoms with van der Waals surface area (Å²) < 4.78 is 2.65. The maximum absolute atomic E-state index is 10.9. The number of carboxylic acid groups (broad SMARTS) is 1. The van der Waals surface area contributed by atoms with Crippen molar-refractivity contribution in [3.8, 4) is 10.6 Å². The van der Waals surface area contributed by atoms with Gasteiger partial charge in [-0.15, -0.1) is 11.3 Å². The summed E-state index contributed by atoms with van der Waals surface area (Å²) in [5, 5.41) is 14.7. The van der Waals surface area contributed by atoms with Crippen molar-refractivity contribution in [1.82, 2.24) is 9.78 Å². The van der Waals surface area contributed by atoms with Gasteiger partial charge in [0.05, 0.1) is 10.6 Å². The molecule has 2 aromatic heterocycles. The van der Waals surface area contributed by atoms with Crippen LogP contribution in [0.2, 0.25) is 5.02 Å². The van der Waals surface area contributed by atoms with Crippen LogP contribution in [0.15, 0.2) is 30.3 Å². The third kappa shape index (κ3) is 2.11. The van der Waals surface area contributed by atoms with Gasteiger partial charge in [-0.1, -0.05) is 17.7 Å². The number of carboxylic acids is 1. The molecule has 0 amide bonds. The molecule has 96 valence electrons. The molecule has 19 heavy (non-hydrogen) atoms. The fourth-order valence-electron chi connectivity index (χ4n) is 1.93. The Morgan fingerprint density at radius 3 is 2.84 bits per heavy atom. The van der Waals surface area contributed by atoms with E-state index in [0.29, 0.717) is 5.02 Å². The van der Waals surface area contributed by atoms with Crippen molar-refractivity contribution in [3.63, 3.8) is 0 Å². The zero-order valence-electron chi connectivity index (χ0n) is 9.92. The molecule has 0 atom stereocenters. The molecule has 1 aromatic carbocycles. The Labute approximate surface area is 117 Å². The minimum absolute atomic E-state index is 0.0491. The van der Waals surface area contributed by atoms with Crippen molar-refractivity contribution in [2.45, 2.75) is 0 Å². The second kappa shape index (κ2) is 4.36. The molecule has 3 aromatic rings. The summed E-state index contributed by atoms with van der Waals surface area (Å²) in [6.45, 7) is 0. The first-order chi connectivity index (χ1) is 9.04. The van der Waals surface area contributed by atoms with E-state index < -0.39 is 5.97 Å².